The Labute approximate surface area is 162 Å². The number of amides is 3. The van der Waals surface area contributed by atoms with Gasteiger partial charge >= 0.3 is 5.97 Å². The number of carboxylic acid groups (broad SMARTS) is 1. The molecule has 0 aromatic carbocycles. The second-order valence-electron chi connectivity index (χ2n) is 6.11. The van der Waals surface area contributed by atoms with E-state index in [1.807, 2.05) is 0 Å². The number of aliphatic hydroxyl groups excluding tert-OH is 1. The summed E-state index contributed by atoms with van der Waals surface area (Å²) in [4.78, 5) is 50.9. The number of hydrogen-bond donors (Lipinski definition) is 8. The first-order chi connectivity index (χ1) is 13.0. The Hall–Kier alpha value is -2.93. The topological polar surface area (TPSA) is 235 Å². The summed E-state index contributed by atoms with van der Waals surface area (Å²) in [5.74, 6) is -3.61. The lowest BCUT2D eigenvalue weighted by molar-refractivity contribution is -0.143. The Morgan fingerprint density at radius 3 is 2.00 bits per heavy atom. The van der Waals surface area contributed by atoms with E-state index in [0.29, 0.717) is 6.42 Å². The molecular formula is C15H29N7O6. The van der Waals surface area contributed by atoms with Gasteiger partial charge in [0, 0.05) is 6.54 Å². The number of aliphatic hydroxyl groups is 1. The van der Waals surface area contributed by atoms with Crippen LogP contribution >= 0.6 is 0 Å². The fraction of sp³-hybridized carbons (Fsp3) is 0.667. The van der Waals surface area contributed by atoms with Gasteiger partial charge in [-0.1, -0.05) is 0 Å². The molecule has 0 aliphatic carbocycles. The number of nitrogens with one attached hydrogen (secondary N) is 3. The minimum Gasteiger partial charge on any atom is -0.480 e. The number of guanidine groups is 1. The average Bonchev–Trinajstić information content (AvgIpc) is 2.60. The molecule has 4 unspecified atom stereocenters. The van der Waals surface area contributed by atoms with E-state index in [-0.39, 0.29) is 18.9 Å². The van der Waals surface area contributed by atoms with Crippen LogP contribution in [0, 0.1) is 0 Å². The number of carbonyl (C=O) groups excluding carboxylic acids is 3. The molecule has 11 N–H and O–H groups in total. The van der Waals surface area contributed by atoms with Crippen LogP contribution in [-0.4, -0.2) is 77.2 Å². The van der Waals surface area contributed by atoms with E-state index in [1.165, 1.54) is 13.8 Å². The van der Waals surface area contributed by atoms with E-state index in [1.54, 1.807) is 0 Å². The van der Waals surface area contributed by atoms with Crippen LogP contribution in [0.15, 0.2) is 4.99 Å². The third kappa shape index (κ3) is 9.68. The zero-order chi connectivity index (χ0) is 21.9. The summed E-state index contributed by atoms with van der Waals surface area (Å²) in [6.07, 6.45) is 0.383. The van der Waals surface area contributed by atoms with Gasteiger partial charge in [0.1, 0.15) is 18.1 Å². The number of aliphatic carboxylic acids is 1. The number of carboxylic acids is 1. The van der Waals surface area contributed by atoms with Gasteiger partial charge in [0.2, 0.25) is 17.7 Å². The number of hydrogen-bond acceptors (Lipinski definition) is 7. The summed E-state index contributed by atoms with van der Waals surface area (Å²) >= 11 is 0. The van der Waals surface area contributed by atoms with Gasteiger partial charge in [0.25, 0.3) is 0 Å². The Bertz CT molecular complexity index is 591. The molecule has 13 nitrogen and oxygen atoms in total. The number of aliphatic imine (C=N–C) groups is 1. The molecule has 0 rings (SSSR count). The van der Waals surface area contributed by atoms with Gasteiger partial charge < -0.3 is 43.4 Å². The van der Waals surface area contributed by atoms with Crippen molar-refractivity contribution >= 4 is 29.7 Å². The minimum absolute atomic E-state index is 0.0834. The number of rotatable bonds is 12. The zero-order valence-corrected chi connectivity index (χ0v) is 15.8. The molecule has 0 fully saturated rings. The molecule has 0 radical (unpaired) electrons. The van der Waals surface area contributed by atoms with Crippen molar-refractivity contribution in [1.82, 2.24) is 16.0 Å². The molecule has 4 atom stereocenters. The molecule has 0 bridgehead atoms. The first-order valence-electron chi connectivity index (χ1n) is 8.55. The fourth-order valence-electron chi connectivity index (χ4n) is 1.94. The molecule has 160 valence electrons. The Morgan fingerprint density at radius 2 is 1.54 bits per heavy atom. The van der Waals surface area contributed by atoms with Crippen LogP contribution in [0.2, 0.25) is 0 Å². The molecule has 0 aliphatic rings. The highest BCUT2D eigenvalue weighted by Gasteiger charge is 2.27. The van der Waals surface area contributed by atoms with Crippen LogP contribution in [0.1, 0.15) is 26.7 Å². The van der Waals surface area contributed by atoms with Crippen LogP contribution < -0.4 is 33.2 Å². The standard InChI is InChI=1S/C15H29N7O6/c1-7(16)11(24)20-8(2)12(25)21-9(4-3-5-19-15(17)18)13(26)22-10(6-23)14(27)28/h7-10,23H,3-6,16H2,1-2H3,(H,20,24)(H,21,25)(H,22,26)(H,27,28)(H4,17,18,19). The van der Waals surface area contributed by atoms with E-state index in [4.69, 9.17) is 27.4 Å². The third-order valence-electron chi connectivity index (χ3n) is 3.54. The normalized spacial score (nSPS) is 14.7. The van der Waals surface area contributed by atoms with Crippen LogP contribution in [0.4, 0.5) is 0 Å². The van der Waals surface area contributed by atoms with E-state index in [0.717, 1.165) is 0 Å². The number of carbonyl (C=O) groups is 4. The maximum atomic E-state index is 12.3. The van der Waals surface area contributed by atoms with Gasteiger partial charge in [0.15, 0.2) is 5.96 Å². The lowest BCUT2D eigenvalue weighted by Crippen LogP contribution is -2.56. The summed E-state index contributed by atoms with van der Waals surface area (Å²) in [6, 6.07) is -4.47. The largest absolute Gasteiger partial charge is 0.480 e. The Kier molecular flexibility index (Phi) is 11.2. The summed E-state index contributed by atoms with van der Waals surface area (Å²) < 4.78 is 0. The Morgan fingerprint density at radius 1 is 0.964 bits per heavy atom. The first-order valence-corrected chi connectivity index (χ1v) is 8.55. The van der Waals surface area contributed by atoms with Gasteiger partial charge in [-0.15, -0.1) is 0 Å². The van der Waals surface area contributed by atoms with Gasteiger partial charge in [0.05, 0.1) is 12.6 Å². The highest BCUT2D eigenvalue weighted by atomic mass is 16.4. The SMILES string of the molecule is CC(N)C(=O)NC(C)C(=O)NC(CCCN=C(N)N)C(=O)NC(CO)C(=O)O. The van der Waals surface area contributed by atoms with Crippen molar-refractivity contribution in [3.63, 3.8) is 0 Å². The van der Waals surface area contributed by atoms with Crippen molar-refractivity contribution in [2.45, 2.75) is 50.9 Å². The lowest BCUT2D eigenvalue weighted by Gasteiger charge is -2.23. The van der Waals surface area contributed by atoms with Crippen LogP contribution in [0.25, 0.3) is 0 Å². The van der Waals surface area contributed by atoms with Crippen molar-refractivity contribution in [2.24, 2.45) is 22.2 Å². The zero-order valence-electron chi connectivity index (χ0n) is 15.8. The molecule has 0 spiro atoms. The fourth-order valence-corrected chi connectivity index (χ4v) is 1.94. The second-order valence-corrected chi connectivity index (χ2v) is 6.11. The van der Waals surface area contributed by atoms with E-state index >= 15 is 0 Å². The van der Waals surface area contributed by atoms with Crippen LogP contribution in [-0.2, 0) is 19.2 Å². The highest BCUT2D eigenvalue weighted by molar-refractivity contribution is 5.93. The summed E-state index contributed by atoms with van der Waals surface area (Å²) in [5.41, 5.74) is 15.8. The molecular weight excluding hydrogens is 374 g/mol. The monoisotopic (exact) mass is 403 g/mol. The summed E-state index contributed by atoms with van der Waals surface area (Å²) in [6.45, 7) is 2.20. The minimum atomic E-state index is -1.53. The molecule has 13 heteroatoms. The lowest BCUT2D eigenvalue weighted by atomic mass is 10.1. The maximum absolute atomic E-state index is 12.3. The van der Waals surface area contributed by atoms with Gasteiger partial charge in [-0.05, 0) is 26.7 Å². The predicted octanol–water partition coefficient (Wildman–Crippen LogP) is -4.06. The summed E-state index contributed by atoms with van der Waals surface area (Å²) in [5, 5.41) is 24.9. The van der Waals surface area contributed by atoms with Crippen molar-refractivity contribution in [1.29, 1.82) is 0 Å². The van der Waals surface area contributed by atoms with E-state index < -0.39 is 54.5 Å². The van der Waals surface area contributed by atoms with Gasteiger partial charge in [-0.3, -0.25) is 19.4 Å². The first kappa shape index (κ1) is 25.1. The van der Waals surface area contributed by atoms with E-state index in [2.05, 4.69) is 20.9 Å². The molecule has 0 heterocycles. The predicted molar refractivity (Wildman–Crippen MR) is 99.7 cm³/mol. The summed E-state index contributed by atoms with van der Waals surface area (Å²) in [7, 11) is 0. The molecule has 0 saturated heterocycles. The quantitative estimate of drug-likeness (QED) is 0.0897. The third-order valence-corrected chi connectivity index (χ3v) is 3.54. The maximum Gasteiger partial charge on any atom is 0.328 e. The number of nitrogens with two attached hydrogens (primary N) is 3. The smallest absolute Gasteiger partial charge is 0.328 e. The van der Waals surface area contributed by atoms with Crippen molar-refractivity contribution in [3.8, 4) is 0 Å². The number of nitrogens with zero attached hydrogens (tertiary/aromatic N) is 1. The van der Waals surface area contributed by atoms with Crippen molar-refractivity contribution < 1.29 is 29.4 Å². The molecule has 3 amide bonds. The van der Waals surface area contributed by atoms with E-state index in [9.17, 15) is 19.2 Å². The molecule has 0 saturated carbocycles. The van der Waals surface area contributed by atoms with Crippen molar-refractivity contribution in [2.75, 3.05) is 13.2 Å². The second kappa shape index (κ2) is 12.5. The van der Waals surface area contributed by atoms with Crippen LogP contribution in [0.3, 0.4) is 0 Å². The van der Waals surface area contributed by atoms with Crippen LogP contribution in [0.5, 0.6) is 0 Å². The molecule has 0 aliphatic heterocycles. The molecule has 0 aromatic rings. The average molecular weight is 403 g/mol. The van der Waals surface area contributed by atoms with Crippen molar-refractivity contribution in [3.05, 3.63) is 0 Å². The Balaban J connectivity index is 5.07. The molecule has 0 aromatic heterocycles. The van der Waals surface area contributed by atoms with Gasteiger partial charge in [-0.25, -0.2) is 4.79 Å². The molecule has 28 heavy (non-hydrogen) atoms. The highest BCUT2D eigenvalue weighted by Crippen LogP contribution is 2.01. The van der Waals surface area contributed by atoms with Gasteiger partial charge in [-0.2, -0.15) is 0 Å².